The lowest BCUT2D eigenvalue weighted by atomic mass is 9.87. The van der Waals surface area contributed by atoms with Crippen molar-refractivity contribution in [3.63, 3.8) is 0 Å². The Morgan fingerprint density at radius 3 is 1.28 bits per heavy atom. The summed E-state index contributed by atoms with van der Waals surface area (Å²) in [7, 11) is 0. The minimum absolute atomic E-state index is 0.258. The molecular formula is C23H32O6. The van der Waals surface area contributed by atoms with Gasteiger partial charge in [0.1, 0.15) is 0 Å². The molecule has 4 N–H and O–H groups in total. The zero-order valence-electron chi connectivity index (χ0n) is 17.4. The quantitative estimate of drug-likeness (QED) is 0.574. The summed E-state index contributed by atoms with van der Waals surface area (Å²) in [6.07, 6.45) is 0.237. The van der Waals surface area contributed by atoms with Crippen LogP contribution in [0.2, 0.25) is 0 Å². The highest BCUT2D eigenvalue weighted by Crippen LogP contribution is 2.19. The molecule has 160 valence electrons. The van der Waals surface area contributed by atoms with Gasteiger partial charge in [-0.2, -0.15) is 0 Å². The van der Waals surface area contributed by atoms with Gasteiger partial charge in [-0.1, -0.05) is 50.2 Å². The largest absolute Gasteiger partial charge is 0.478 e. The standard InChI is InChI=1S/C9H20O2.2C7H6O2/c1-6(5-7(2)10)8(3)9(4)11;2*8-7(9)6-4-2-1-3-5-6/h6-11H,5H2,1-4H3;2*1-5H,(H,8,9). The predicted molar refractivity (Wildman–Crippen MR) is 113 cm³/mol. The van der Waals surface area contributed by atoms with Gasteiger partial charge in [0, 0.05) is 0 Å². The molecule has 0 aliphatic carbocycles. The third-order valence-corrected chi connectivity index (χ3v) is 4.41. The molecular weight excluding hydrogens is 372 g/mol. The first kappa shape index (κ1) is 26.3. The number of carboxylic acid groups (broad SMARTS) is 2. The van der Waals surface area contributed by atoms with Crippen molar-refractivity contribution in [3.8, 4) is 0 Å². The maximum absolute atomic E-state index is 10.2. The smallest absolute Gasteiger partial charge is 0.335 e. The lowest BCUT2D eigenvalue weighted by Gasteiger charge is -2.23. The Labute approximate surface area is 172 Å². The van der Waals surface area contributed by atoms with Gasteiger partial charge in [0.05, 0.1) is 23.3 Å². The molecule has 2 aromatic rings. The Morgan fingerprint density at radius 1 is 0.724 bits per heavy atom. The van der Waals surface area contributed by atoms with E-state index in [1.165, 1.54) is 0 Å². The third kappa shape index (κ3) is 12.4. The molecule has 4 atom stereocenters. The van der Waals surface area contributed by atoms with Crippen molar-refractivity contribution in [2.75, 3.05) is 0 Å². The Bertz CT molecular complexity index is 648. The van der Waals surface area contributed by atoms with Gasteiger partial charge >= 0.3 is 11.9 Å². The molecule has 2 aromatic carbocycles. The summed E-state index contributed by atoms with van der Waals surface area (Å²) < 4.78 is 0. The van der Waals surface area contributed by atoms with E-state index in [1.54, 1.807) is 74.5 Å². The Balaban J connectivity index is 0.000000408. The van der Waals surface area contributed by atoms with Crippen LogP contribution in [0.25, 0.3) is 0 Å². The first-order valence-corrected chi connectivity index (χ1v) is 9.49. The van der Waals surface area contributed by atoms with Crippen molar-refractivity contribution >= 4 is 11.9 Å². The second kappa shape index (κ2) is 14.3. The fourth-order valence-electron chi connectivity index (χ4n) is 2.39. The lowest BCUT2D eigenvalue weighted by molar-refractivity contribution is 0.0686. The van der Waals surface area contributed by atoms with Crippen LogP contribution in [0, 0.1) is 11.8 Å². The lowest BCUT2D eigenvalue weighted by Crippen LogP contribution is -2.23. The number of hydrogen-bond donors (Lipinski definition) is 4. The van der Waals surface area contributed by atoms with Gasteiger partial charge in [-0.3, -0.25) is 0 Å². The van der Waals surface area contributed by atoms with Crippen LogP contribution in [0.5, 0.6) is 0 Å². The molecule has 4 unspecified atom stereocenters. The van der Waals surface area contributed by atoms with Crippen molar-refractivity contribution in [2.24, 2.45) is 11.8 Å². The van der Waals surface area contributed by atoms with Crippen LogP contribution in [-0.4, -0.2) is 44.6 Å². The number of rotatable bonds is 6. The van der Waals surface area contributed by atoms with Gasteiger partial charge in [-0.15, -0.1) is 0 Å². The van der Waals surface area contributed by atoms with Gasteiger partial charge in [-0.25, -0.2) is 9.59 Å². The molecule has 6 heteroatoms. The summed E-state index contributed by atoms with van der Waals surface area (Å²) in [5, 5.41) is 35.1. The molecule has 0 aliphatic rings. The third-order valence-electron chi connectivity index (χ3n) is 4.41. The second-order valence-corrected chi connectivity index (χ2v) is 7.00. The minimum atomic E-state index is -0.879. The minimum Gasteiger partial charge on any atom is -0.478 e. The normalized spacial score (nSPS) is 14.0. The van der Waals surface area contributed by atoms with E-state index in [0.29, 0.717) is 17.0 Å². The fourth-order valence-corrected chi connectivity index (χ4v) is 2.39. The molecule has 0 heterocycles. The average molecular weight is 405 g/mol. The molecule has 2 rings (SSSR count). The van der Waals surface area contributed by atoms with Crippen molar-refractivity contribution in [1.82, 2.24) is 0 Å². The highest BCUT2D eigenvalue weighted by Gasteiger charge is 2.18. The molecule has 6 nitrogen and oxygen atoms in total. The van der Waals surface area contributed by atoms with E-state index in [-0.39, 0.29) is 18.1 Å². The summed E-state index contributed by atoms with van der Waals surface area (Å²) in [5.74, 6) is -1.11. The van der Waals surface area contributed by atoms with E-state index in [2.05, 4.69) is 6.92 Å². The van der Waals surface area contributed by atoms with Crippen LogP contribution in [0.3, 0.4) is 0 Å². The summed E-state index contributed by atoms with van der Waals surface area (Å²) in [5.41, 5.74) is 0.662. The van der Waals surface area contributed by atoms with E-state index in [1.807, 2.05) is 6.92 Å². The molecule has 0 saturated carbocycles. The van der Waals surface area contributed by atoms with Crippen molar-refractivity contribution in [2.45, 2.75) is 46.3 Å². The SMILES string of the molecule is CC(O)CC(C)C(C)C(C)O.O=C(O)c1ccccc1.O=C(O)c1ccccc1. The highest BCUT2D eigenvalue weighted by molar-refractivity contribution is 5.87. The zero-order chi connectivity index (χ0) is 22.4. The van der Waals surface area contributed by atoms with E-state index in [4.69, 9.17) is 15.3 Å². The fraction of sp³-hybridized carbons (Fsp3) is 0.391. The first-order valence-electron chi connectivity index (χ1n) is 9.49. The number of benzene rings is 2. The van der Waals surface area contributed by atoms with Gasteiger partial charge < -0.3 is 20.4 Å². The highest BCUT2D eigenvalue weighted by atomic mass is 16.4. The Morgan fingerprint density at radius 2 is 1.07 bits per heavy atom. The molecule has 0 saturated heterocycles. The van der Waals surface area contributed by atoms with Gasteiger partial charge in [0.2, 0.25) is 0 Å². The Kier molecular flexibility index (Phi) is 13.0. The Hall–Kier alpha value is -2.70. The van der Waals surface area contributed by atoms with Crippen molar-refractivity contribution in [1.29, 1.82) is 0 Å². The maximum atomic E-state index is 10.2. The maximum Gasteiger partial charge on any atom is 0.335 e. The van der Waals surface area contributed by atoms with E-state index in [0.717, 1.165) is 6.42 Å². The number of aliphatic hydroxyl groups excluding tert-OH is 2. The number of aliphatic hydroxyl groups is 2. The molecule has 0 fully saturated rings. The molecule has 0 aliphatic heterocycles. The second-order valence-electron chi connectivity index (χ2n) is 7.00. The summed E-state index contributed by atoms with van der Waals surface area (Å²) >= 11 is 0. The van der Waals surface area contributed by atoms with Crippen molar-refractivity contribution in [3.05, 3.63) is 71.8 Å². The van der Waals surface area contributed by atoms with Crippen LogP contribution in [0.1, 0.15) is 54.8 Å². The summed E-state index contributed by atoms with van der Waals surface area (Å²) in [6, 6.07) is 16.6. The van der Waals surface area contributed by atoms with Gasteiger partial charge in [-0.05, 0) is 56.4 Å². The topological polar surface area (TPSA) is 115 Å². The van der Waals surface area contributed by atoms with Crippen LogP contribution in [0.4, 0.5) is 0 Å². The molecule has 0 bridgehead atoms. The average Bonchev–Trinajstić information content (AvgIpc) is 2.69. The summed E-state index contributed by atoms with van der Waals surface area (Å²) in [4.78, 5) is 20.4. The van der Waals surface area contributed by atoms with Crippen LogP contribution < -0.4 is 0 Å². The van der Waals surface area contributed by atoms with E-state index >= 15 is 0 Å². The number of aromatic carboxylic acids is 2. The van der Waals surface area contributed by atoms with Crippen molar-refractivity contribution < 1.29 is 30.0 Å². The predicted octanol–water partition coefficient (Wildman–Crippen LogP) is 4.18. The molecule has 29 heavy (non-hydrogen) atoms. The zero-order valence-corrected chi connectivity index (χ0v) is 17.4. The molecule has 0 spiro atoms. The van der Waals surface area contributed by atoms with E-state index < -0.39 is 11.9 Å². The molecule has 0 amide bonds. The number of hydrogen-bond acceptors (Lipinski definition) is 4. The first-order chi connectivity index (χ1) is 13.6. The van der Waals surface area contributed by atoms with Crippen LogP contribution in [-0.2, 0) is 0 Å². The van der Waals surface area contributed by atoms with Crippen LogP contribution >= 0.6 is 0 Å². The number of carboxylic acids is 2. The summed E-state index contributed by atoms with van der Waals surface area (Å²) in [6.45, 7) is 7.65. The van der Waals surface area contributed by atoms with Crippen LogP contribution in [0.15, 0.2) is 60.7 Å². The van der Waals surface area contributed by atoms with Gasteiger partial charge in [0.15, 0.2) is 0 Å². The number of carbonyl (C=O) groups is 2. The molecule has 0 aromatic heterocycles. The monoisotopic (exact) mass is 404 g/mol. The van der Waals surface area contributed by atoms with E-state index in [9.17, 15) is 14.7 Å². The molecule has 0 radical (unpaired) electrons. The van der Waals surface area contributed by atoms with Gasteiger partial charge in [0.25, 0.3) is 0 Å².